The van der Waals surface area contributed by atoms with E-state index in [9.17, 15) is 9.90 Å². The Morgan fingerprint density at radius 2 is 1.79 bits per heavy atom. The first-order valence-corrected chi connectivity index (χ1v) is 6.29. The third-order valence-electron chi connectivity index (χ3n) is 3.30. The number of carboxylic acid groups (broad SMARTS) is 1. The minimum atomic E-state index is -0.790. The van der Waals surface area contributed by atoms with Crippen LogP contribution < -0.4 is 9.64 Å². The van der Waals surface area contributed by atoms with E-state index in [0.29, 0.717) is 6.54 Å². The molecule has 0 fully saturated rings. The van der Waals surface area contributed by atoms with Crippen molar-refractivity contribution >= 4 is 11.7 Å². The van der Waals surface area contributed by atoms with Crippen LogP contribution in [0.2, 0.25) is 0 Å². The van der Waals surface area contributed by atoms with Gasteiger partial charge in [0.1, 0.15) is 5.75 Å². The van der Waals surface area contributed by atoms with Crippen LogP contribution in [0.25, 0.3) is 0 Å². The summed E-state index contributed by atoms with van der Waals surface area (Å²) in [4.78, 5) is 13.1. The summed E-state index contributed by atoms with van der Waals surface area (Å²) in [5.74, 6) is 0.0935. The molecule has 0 aliphatic rings. The number of methoxy groups -OCH3 is 1. The lowest BCUT2D eigenvalue weighted by atomic mass is 9.93. The Bertz CT molecular complexity index is 457. The van der Waals surface area contributed by atoms with Crippen LogP contribution in [-0.4, -0.2) is 31.8 Å². The van der Waals surface area contributed by atoms with Gasteiger partial charge in [-0.05, 0) is 51.0 Å². The Balaban J connectivity index is 3.01. The Hall–Kier alpha value is -1.71. The van der Waals surface area contributed by atoms with E-state index in [0.717, 1.165) is 22.6 Å². The highest BCUT2D eigenvalue weighted by molar-refractivity contribution is 5.74. The normalized spacial score (nSPS) is 11.3. The van der Waals surface area contributed by atoms with Gasteiger partial charge >= 0.3 is 5.97 Å². The van der Waals surface area contributed by atoms with E-state index in [1.165, 1.54) is 0 Å². The number of anilines is 1. The lowest BCUT2D eigenvalue weighted by Crippen LogP contribution is -2.37. The zero-order valence-corrected chi connectivity index (χ0v) is 12.6. The van der Waals surface area contributed by atoms with Crippen molar-refractivity contribution in [1.29, 1.82) is 0 Å². The number of carboxylic acids is 1. The molecule has 0 saturated carbocycles. The summed E-state index contributed by atoms with van der Waals surface area (Å²) < 4.78 is 5.34. The second kappa shape index (κ2) is 5.51. The van der Waals surface area contributed by atoms with Gasteiger partial charge in [0.25, 0.3) is 0 Å². The largest absolute Gasteiger partial charge is 0.496 e. The fraction of sp³-hybridized carbons (Fsp3) is 0.533. The highest BCUT2D eigenvalue weighted by Crippen LogP contribution is 2.29. The van der Waals surface area contributed by atoms with Crippen LogP contribution in [0, 0.1) is 19.3 Å². The van der Waals surface area contributed by atoms with Crippen LogP contribution in [0.5, 0.6) is 5.75 Å². The average molecular weight is 265 g/mol. The zero-order valence-electron chi connectivity index (χ0n) is 12.6. The van der Waals surface area contributed by atoms with Crippen LogP contribution in [0.3, 0.4) is 0 Å². The monoisotopic (exact) mass is 265 g/mol. The molecule has 0 radical (unpaired) electrons. The van der Waals surface area contributed by atoms with Crippen LogP contribution in [0.15, 0.2) is 12.1 Å². The van der Waals surface area contributed by atoms with E-state index in [-0.39, 0.29) is 0 Å². The molecule has 0 spiro atoms. The van der Waals surface area contributed by atoms with E-state index in [1.807, 2.05) is 37.9 Å². The van der Waals surface area contributed by atoms with Crippen molar-refractivity contribution in [2.75, 3.05) is 25.6 Å². The smallest absolute Gasteiger partial charge is 0.310 e. The van der Waals surface area contributed by atoms with Gasteiger partial charge in [-0.3, -0.25) is 4.79 Å². The summed E-state index contributed by atoms with van der Waals surface area (Å²) in [6, 6.07) is 4.04. The predicted octanol–water partition coefficient (Wildman–Crippen LogP) is 2.86. The summed E-state index contributed by atoms with van der Waals surface area (Å²) in [7, 11) is 3.57. The highest BCUT2D eigenvalue weighted by atomic mass is 16.5. The molecule has 0 aliphatic carbocycles. The predicted molar refractivity (Wildman–Crippen MR) is 77.2 cm³/mol. The van der Waals surface area contributed by atoms with Crippen molar-refractivity contribution in [2.24, 2.45) is 5.41 Å². The molecule has 19 heavy (non-hydrogen) atoms. The SMILES string of the molecule is COc1c(C)cc(N(C)CC(C)(C)C(=O)O)cc1C. The number of aryl methyl sites for hydroxylation is 2. The van der Waals surface area contributed by atoms with Crippen molar-refractivity contribution in [1.82, 2.24) is 0 Å². The maximum Gasteiger partial charge on any atom is 0.310 e. The molecular formula is C15H23NO3. The molecule has 0 aliphatic heterocycles. The molecule has 0 amide bonds. The molecule has 1 aromatic rings. The third-order valence-corrected chi connectivity index (χ3v) is 3.30. The standard InChI is InChI=1S/C15H23NO3/c1-10-7-12(8-11(2)13(10)19-6)16(5)9-15(3,4)14(17)18/h7-8H,9H2,1-6H3,(H,17,18). The van der Waals surface area contributed by atoms with Crippen molar-refractivity contribution in [2.45, 2.75) is 27.7 Å². The molecule has 0 heterocycles. The first-order chi connectivity index (χ1) is 8.69. The summed E-state index contributed by atoms with van der Waals surface area (Å²) in [6.07, 6.45) is 0. The first kappa shape index (κ1) is 15.3. The lowest BCUT2D eigenvalue weighted by molar-refractivity contribution is -0.146. The Kier molecular flexibility index (Phi) is 4.45. The minimum Gasteiger partial charge on any atom is -0.496 e. The molecule has 1 aromatic carbocycles. The summed E-state index contributed by atoms with van der Waals surface area (Å²) >= 11 is 0. The number of aliphatic carboxylic acids is 1. The van der Waals surface area contributed by atoms with Gasteiger partial charge in [0, 0.05) is 19.3 Å². The zero-order chi connectivity index (χ0) is 14.8. The number of ether oxygens (including phenoxy) is 1. The van der Waals surface area contributed by atoms with E-state index >= 15 is 0 Å². The van der Waals surface area contributed by atoms with Crippen molar-refractivity contribution in [3.05, 3.63) is 23.3 Å². The molecular weight excluding hydrogens is 242 g/mol. The molecule has 0 atom stereocenters. The Morgan fingerprint density at radius 1 is 1.32 bits per heavy atom. The number of rotatable bonds is 5. The van der Waals surface area contributed by atoms with Gasteiger partial charge in [-0.2, -0.15) is 0 Å². The van der Waals surface area contributed by atoms with Crippen molar-refractivity contribution < 1.29 is 14.6 Å². The van der Waals surface area contributed by atoms with Crippen molar-refractivity contribution in [3.63, 3.8) is 0 Å². The van der Waals surface area contributed by atoms with Gasteiger partial charge in [-0.15, -0.1) is 0 Å². The molecule has 1 rings (SSSR count). The van der Waals surface area contributed by atoms with Gasteiger partial charge in [0.2, 0.25) is 0 Å². The van der Waals surface area contributed by atoms with Crippen LogP contribution in [0.1, 0.15) is 25.0 Å². The van der Waals surface area contributed by atoms with E-state index in [2.05, 4.69) is 0 Å². The number of carbonyl (C=O) groups is 1. The maximum atomic E-state index is 11.2. The average Bonchev–Trinajstić information content (AvgIpc) is 2.27. The van der Waals surface area contributed by atoms with Gasteiger partial charge < -0.3 is 14.7 Å². The lowest BCUT2D eigenvalue weighted by Gasteiger charge is -2.29. The van der Waals surface area contributed by atoms with Crippen molar-refractivity contribution in [3.8, 4) is 5.75 Å². The molecule has 0 bridgehead atoms. The molecule has 4 heteroatoms. The molecule has 1 N–H and O–H groups in total. The number of hydrogen-bond acceptors (Lipinski definition) is 3. The quantitative estimate of drug-likeness (QED) is 0.889. The van der Waals surface area contributed by atoms with Crippen LogP contribution >= 0.6 is 0 Å². The fourth-order valence-corrected chi connectivity index (χ4v) is 2.22. The van der Waals surface area contributed by atoms with E-state index in [1.54, 1.807) is 21.0 Å². The molecule has 0 unspecified atom stereocenters. The first-order valence-electron chi connectivity index (χ1n) is 6.29. The maximum absolute atomic E-state index is 11.2. The summed E-state index contributed by atoms with van der Waals surface area (Å²) in [5.41, 5.74) is 2.33. The number of hydrogen-bond donors (Lipinski definition) is 1. The van der Waals surface area contributed by atoms with Gasteiger partial charge in [0.05, 0.1) is 12.5 Å². The minimum absolute atomic E-state index is 0.452. The second-order valence-electron chi connectivity index (χ2n) is 5.66. The topological polar surface area (TPSA) is 49.8 Å². The van der Waals surface area contributed by atoms with Gasteiger partial charge in [0.15, 0.2) is 0 Å². The summed E-state index contributed by atoms with van der Waals surface area (Å²) in [5, 5.41) is 9.18. The molecule has 0 saturated heterocycles. The molecule has 0 aromatic heterocycles. The molecule has 4 nitrogen and oxygen atoms in total. The fourth-order valence-electron chi connectivity index (χ4n) is 2.22. The van der Waals surface area contributed by atoms with E-state index < -0.39 is 11.4 Å². The highest BCUT2D eigenvalue weighted by Gasteiger charge is 2.29. The summed E-state index contributed by atoms with van der Waals surface area (Å²) in [6.45, 7) is 7.90. The Morgan fingerprint density at radius 3 is 2.16 bits per heavy atom. The van der Waals surface area contributed by atoms with E-state index in [4.69, 9.17) is 4.74 Å². The number of nitrogens with zero attached hydrogens (tertiary/aromatic N) is 1. The van der Waals surface area contributed by atoms with Gasteiger partial charge in [-0.1, -0.05) is 0 Å². The van der Waals surface area contributed by atoms with Crippen LogP contribution in [-0.2, 0) is 4.79 Å². The van der Waals surface area contributed by atoms with Crippen LogP contribution in [0.4, 0.5) is 5.69 Å². The Labute approximate surface area is 115 Å². The second-order valence-corrected chi connectivity index (χ2v) is 5.66. The number of benzene rings is 1. The molecule has 106 valence electrons. The van der Waals surface area contributed by atoms with Gasteiger partial charge in [-0.25, -0.2) is 0 Å². The third kappa shape index (κ3) is 3.40.